The van der Waals surface area contributed by atoms with E-state index in [1.807, 2.05) is 44.2 Å². The Morgan fingerprint density at radius 2 is 1.94 bits per heavy atom. The molecule has 0 aliphatic carbocycles. The Kier molecular flexibility index (Phi) is 7.12. The molecule has 31 heavy (non-hydrogen) atoms. The summed E-state index contributed by atoms with van der Waals surface area (Å²) in [6.45, 7) is 4.37. The molecule has 1 saturated heterocycles. The molecule has 1 aliphatic rings. The fourth-order valence-corrected chi connectivity index (χ4v) is 3.46. The van der Waals surface area contributed by atoms with Crippen LogP contribution < -0.4 is 15.0 Å². The average Bonchev–Trinajstić information content (AvgIpc) is 3.15. The van der Waals surface area contributed by atoms with Crippen LogP contribution in [0, 0.1) is 6.92 Å². The molecule has 4 amide bonds. The van der Waals surface area contributed by atoms with E-state index in [0.717, 1.165) is 11.3 Å². The molecule has 0 unspecified atom stereocenters. The minimum Gasteiger partial charge on any atom is -0.495 e. The smallest absolute Gasteiger partial charge is 0.322 e. The van der Waals surface area contributed by atoms with Crippen molar-refractivity contribution in [2.45, 2.75) is 20.3 Å². The normalized spacial score (nSPS) is 13.3. The number of hydrogen-bond acceptors (Lipinski definition) is 4. The number of amides is 4. The second-order valence-corrected chi connectivity index (χ2v) is 7.45. The number of nitrogens with one attached hydrogen (secondary N) is 1. The first kappa shape index (κ1) is 22.1. The standard InChI is InChI=1S/C23H28N4O4/c1-4-12-25(23(30)24-19-10-5-6-11-20(19)31-3)14-21(28)26-15-22(29)27(16-26)18-9-7-8-17(2)13-18/h5-11,13H,4,12,14-16H2,1-3H3,(H,24,30). The molecule has 2 aromatic carbocycles. The Bertz CT molecular complexity index is 962. The molecule has 1 aliphatic heterocycles. The van der Waals surface area contributed by atoms with Gasteiger partial charge in [-0.05, 0) is 43.2 Å². The lowest BCUT2D eigenvalue weighted by Crippen LogP contribution is -2.44. The molecule has 0 aromatic heterocycles. The van der Waals surface area contributed by atoms with Gasteiger partial charge in [-0.25, -0.2) is 4.79 Å². The first-order valence-electron chi connectivity index (χ1n) is 10.3. The Labute approximate surface area is 182 Å². The van der Waals surface area contributed by atoms with Gasteiger partial charge in [0.05, 0.1) is 12.8 Å². The van der Waals surface area contributed by atoms with Crippen molar-refractivity contribution in [1.82, 2.24) is 9.80 Å². The van der Waals surface area contributed by atoms with Crippen LogP contribution >= 0.6 is 0 Å². The van der Waals surface area contributed by atoms with Gasteiger partial charge in [-0.2, -0.15) is 0 Å². The molecule has 0 spiro atoms. The minimum atomic E-state index is -0.388. The monoisotopic (exact) mass is 424 g/mol. The minimum absolute atomic E-state index is 0.000861. The highest BCUT2D eigenvalue weighted by molar-refractivity contribution is 6.01. The van der Waals surface area contributed by atoms with Gasteiger partial charge in [0.15, 0.2) is 0 Å². The molecule has 0 radical (unpaired) electrons. The summed E-state index contributed by atoms with van der Waals surface area (Å²) in [6.07, 6.45) is 0.695. The molecule has 3 rings (SSSR count). The fourth-order valence-electron chi connectivity index (χ4n) is 3.46. The van der Waals surface area contributed by atoms with Crippen molar-refractivity contribution in [1.29, 1.82) is 0 Å². The van der Waals surface area contributed by atoms with Gasteiger partial charge < -0.3 is 19.9 Å². The number of rotatable bonds is 7. The maximum atomic E-state index is 12.9. The molecular formula is C23H28N4O4. The predicted octanol–water partition coefficient (Wildman–Crippen LogP) is 3.08. The first-order chi connectivity index (χ1) is 14.9. The van der Waals surface area contributed by atoms with Crippen molar-refractivity contribution in [3.63, 3.8) is 0 Å². The van der Waals surface area contributed by atoms with Crippen molar-refractivity contribution in [3.05, 3.63) is 54.1 Å². The van der Waals surface area contributed by atoms with Crippen molar-refractivity contribution >= 4 is 29.2 Å². The van der Waals surface area contributed by atoms with Crippen LogP contribution in [-0.4, -0.2) is 61.1 Å². The average molecular weight is 425 g/mol. The maximum Gasteiger partial charge on any atom is 0.322 e. The number of methoxy groups -OCH3 is 1. The predicted molar refractivity (Wildman–Crippen MR) is 119 cm³/mol. The number of carbonyl (C=O) groups is 3. The van der Waals surface area contributed by atoms with E-state index in [-0.39, 0.29) is 37.6 Å². The molecule has 0 saturated carbocycles. The molecule has 1 heterocycles. The summed E-state index contributed by atoms with van der Waals surface area (Å²) in [7, 11) is 1.53. The highest BCUT2D eigenvalue weighted by Crippen LogP contribution is 2.24. The second-order valence-electron chi connectivity index (χ2n) is 7.45. The third-order valence-corrected chi connectivity index (χ3v) is 5.06. The highest BCUT2D eigenvalue weighted by Gasteiger charge is 2.33. The molecule has 8 heteroatoms. The van der Waals surface area contributed by atoms with Crippen molar-refractivity contribution in [2.75, 3.05) is 43.6 Å². The van der Waals surface area contributed by atoms with E-state index in [2.05, 4.69) is 5.32 Å². The zero-order valence-corrected chi connectivity index (χ0v) is 18.1. The molecule has 0 atom stereocenters. The van der Waals surface area contributed by atoms with Crippen LogP contribution in [0.25, 0.3) is 0 Å². The van der Waals surface area contributed by atoms with Crippen LogP contribution in [0.1, 0.15) is 18.9 Å². The van der Waals surface area contributed by atoms with Crippen LogP contribution in [0.4, 0.5) is 16.2 Å². The number of carbonyl (C=O) groups excluding carboxylic acids is 3. The van der Waals surface area contributed by atoms with Crippen LogP contribution in [0.5, 0.6) is 5.75 Å². The van der Waals surface area contributed by atoms with Gasteiger partial charge in [0.1, 0.15) is 25.5 Å². The van der Waals surface area contributed by atoms with Crippen molar-refractivity contribution < 1.29 is 19.1 Å². The topological polar surface area (TPSA) is 82.2 Å². The van der Waals surface area contributed by atoms with Crippen molar-refractivity contribution in [3.8, 4) is 5.75 Å². The molecule has 164 valence electrons. The molecule has 1 fully saturated rings. The number of aryl methyl sites for hydroxylation is 1. The Balaban J connectivity index is 1.66. The summed E-state index contributed by atoms with van der Waals surface area (Å²) in [4.78, 5) is 42.7. The summed E-state index contributed by atoms with van der Waals surface area (Å²) >= 11 is 0. The van der Waals surface area contributed by atoms with Gasteiger partial charge in [-0.1, -0.05) is 31.2 Å². The largest absolute Gasteiger partial charge is 0.495 e. The van der Waals surface area contributed by atoms with Crippen LogP contribution in [0.3, 0.4) is 0 Å². The van der Waals surface area contributed by atoms with Gasteiger partial charge in [0.25, 0.3) is 0 Å². The van der Waals surface area contributed by atoms with Gasteiger partial charge in [-0.15, -0.1) is 0 Å². The summed E-state index contributed by atoms with van der Waals surface area (Å²) in [5.74, 6) is 0.129. The van der Waals surface area contributed by atoms with Gasteiger partial charge in [0.2, 0.25) is 11.8 Å². The SMILES string of the molecule is CCCN(CC(=O)N1CC(=O)N(c2cccc(C)c2)C1)C(=O)Nc1ccccc1OC. The lowest BCUT2D eigenvalue weighted by Gasteiger charge is -2.25. The first-order valence-corrected chi connectivity index (χ1v) is 10.3. The summed E-state index contributed by atoms with van der Waals surface area (Å²) in [5.41, 5.74) is 2.34. The van der Waals surface area contributed by atoms with E-state index in [4.69, 9.17) is 4.74 Å². The molecule has 2 aromatic rings. The number of ether oxygens (including phenoxy) is 1. The van der Waals surface area contributed by atoms with Crippen LogP contribution in [0.2, 0.25) is 0 Å². The molecule has 1 N–H and O–H groups in total. The number of nitrogens with zero attached hydrogens (tertiary/aromatic N) is 3. The van der Waals surface area contributed by atoms with Gasteiger partial charge >= 0.3 is 6.03 Å². The summed E-state index contributed by atoms with van der Waals surface area (Å²) < 4.78 is 5.27. The van der Waals surface area contributed by atoms with E-state index in [1.54, 1.807) is 23.1 Å². The third kappa shape index (κ3) is 5.33. The third-order valence-electron chi connectivity index (χ3n) is 5.06. The number of benzene rings is 2. The van der Waals surface area contributed by atoms with E-state index in [1.165, 1.54) is 16.9 Å². The van der Waals surface area contributed by atoms with E-state index in [9.17, 15) is 14.4 Å². The van der Waals surface area contributed by atoms with Gasteiger partial charge in [-0.3, -0.25) is 14.5 Å². The quantitative estimate of drug-likeness (QED) is 0.741. The Morgan fingerprint density at radius 3 is 2.65 bits per heavy atom. The number of para-hydroxylation sites is 2. The second kappa shape index (κ2) is 9.97. The summed E-state index contributed by atoms with van der Waals surface area (Å²) in [6, 6.07) is 14.3. The lowest BCUT2D eigenvalue weighted by molar-refractivity contribution is -0.132. The van der Waals surface area contributed by atoms with E-state index in [0.29, 0.717) is 24.4 Å². The number of urea groups is 1. The highest BCUT2D eigenvalue weighted by atomic mass is 16.5. The zero-order valence-electron chi connectivity index (χ0n) is 18.1. The zero-order chi connectivity index (χ0) is 22.4. The number of hydrogen-bond donors (Lipinski definition) is 1. The van der Waals surface area contributed by atoms with E-state index >= 15 is 0 Å². The summed E-state index contributed by atoms with van der Waals surface area (Å²) in [5, 5.41) is 2.81. The van der Waals surface area contributed by atoms with Gasteiger partial charge in [0, 0.05) is 12.2 Å². The molecule has 8 nitrogen and oxygen atoms in total. The molecular weight excluding hydrogens is 396 g/mol. The Morgan fingerprint density at radius 1 is 1.16 bits per heavy atom. The molecule has 0 bridgehead atoms. The fraction of sp³-hybridized carbons (Fsp3) is 0.348. The van der Waals surface area contributed by atoms with E-state index < -0.39 is 0 Å². The van der Waals surface area contributed by atoms with Crippen LogP contribution in [-0.2, 0) is 9.59 Å². The lowest BCUT2D eigenvalue weighted by atomic mass is 10.2. The maximum absolute atomic E-state index is 12.9. The van der Waals surface area contributed by atoms with Crippen molar-refractivity contribution in [2.24, 2.45) is 0 Å². The Hall–Kier alpha value is -3.55. The number of anilines is 2. The van der Waals surface area contributed by atoms with Crippen LogP contribution in [0.15, 0.2) is 48.5 Å².